The van der Waals surface area contributed by atoms with Gasteiger partial charge >= 0.3 is 0 Å². The number of anilines is 1. The van der Waals surface area contributed by atoms with Crippen LogP contribution in [0.5, 0.6) is 11.6 Å². The molecule has 3 aromatic rings. The third kappa shape index (κ3) is 4.94. The van der Waals surface area contributed by atoms with Crippen LogP contribution in [-0.2, 0) is 5.41 Å². The number of aryl methyl sites for hydroxylation is 1. The number of benzene rings is 2. The van der Waals surface area contributed by atoms with Gasteiger partial charge in [-0.05, 0) is 48.2 Å². The summed E-state index contributed by atoms with van der Waals surface area (Å²) in [4.78, 5) is 16.5. The largest absolute Gasteiger partial charge is 0.439 e. The van der Waals surface area contributed by atoms with Gasteiger partial charge in [0.1, 0.15) is 5.75 Å². The maximum atomic E-state index is 12.2. The molecule has 4 heteroatoms. The summed E-state index contributed by atoms with van der Waals surface area (Å²) < 4.78 is 5.78. The van der Waals surface area contributed by atoms with Crippen molar-refractivity contribution >= 4 is 11.6 Å². The Morgan fingerprint density at radius 3 is 2.15 bits per heavy atom. The number of ether oxygens (including phenoxy) is 1. The molecule has 4 nitrogen and oxygen atoms in total. The van der Waals surface area contributed by atoms with Gasteiger partial charge in [-0.1, -0.05) is 50.6 Å². The van der Waals surface area contributed by atoms with Gasteiger partial charge in [-0.3, -0.25) is 4.79 Å². The number of hydrogen-bond donors (Lipinski definition) is 1. The molecule has 0 atom stereocenters. The molecular weight excluding hydrogens is 336 g/mol. The van der Waals surface area contributed by atoms with Gasteiger partial charge in [-0.15, -0.1) is 0 Å². The summed E-state index contributed by atoms with van der Waals surface area (Å²) in [5.41, 5.74) is 3.70. The third-order valence-electron chi connectivity index (χ3n) is 4.25. The number of rotatable bonds is 4. The van der Waals surface area contributed by atoms with Gasteiger partial charge in [0, 0.05) is 11.6 Å². The van der Waals surface area contributed by atoms with Gasteiger partial charge in [0.05, 0.1) is 11.9 Å². The smallest absolute Gasteiger partial charge is 0.255 e. The molecule has 0 saturated carbocycles. The van der Waals surface area contributed by atoms with E-state index in [1.165, 1.54) is 5.56 Å². The molecule has 1 heterocycles. The summed E-state index contributed by atoms with van der Waals surface area (Å²) in [5.74, 6) is 1.04. The Balaban J connectivity index is 1.63. The van der Waals surface area contributed by atoms with E-state index in [0.29, 0.717) is 17.1 Å². The summed E-state index contributed by atoms with van der Waals surface area (Å²) >= 11 is 0. The Hall–Kier alpha value is -3.14. The first-order valence-corrected chi connectivity index (χ1v) is 8.94. The van der Waals surface area contributed by atoms with Crippen molar-refractivity contribution in [2.24, 2.45) is 0 Å². The maximum absolute atomic E-state index is 12.2. The quantitative estimate of drug-likeness (QED) is 0.646. The monoisotopic (exact) mass is 360 g/mol. The number of pyridine rings is 1. The van der Waals surface area contributed by atoms with Crippen LogP contribution in [0.1, 0.15) is 42.3 Å². The molecule has 2 aromatic carbocycles. The topological polar surface area (TPSA) is 51.2 Å². The van der Waals surface area contributed by atoms with Gasteiger partial charge in [-0.25, -0.2) is 4.98 Å². The van der Waals surface area contributed by atoms with Crippen LogP contribution in [-0.4, -0.2) is 10.9 Å². The first kappa shape index (κ1) is 18.6. The average molecular weight is 360 g/mol. The maximum Gasteiger partial charge on any atom is 0.255 e. The van der Waals surface area contributed by atoms with Crippen molar-refractivity contribution in [1.29, 1.82) is 0 Å². The molecule has 0 aliphatic carbocycles. The molecule has 0 bridgehead atoms. The lowest BCUT2D eigenvalue weighted by Gasteiger charge is -2.19. The summed E-state index contributed by atoms with van der Waals surface area (Å²) in [6, 6.07) is 18.9. The number of hydrogen-bond acceptors (Lipinski definition) is 3. The van der Waals surface area contributed by atoms with Crippen LogP contribution in [0.15, 0.2) is 66.9 Å². The predicted molar refractivity (Wildman–Crippen MR) is 109 cm³/mol. The van der Waals surface area contributed by atoms with Crippen molar-refractivity contribution in [3.8, 4) is 11.6 Å². The van der Waals surface area contributed by atoms with Crippen molar-refractivity contribution in [2.45, 2.75) is 33.1 Å². The molecule has 27 heavy (non-hydrogen) atoms. The first-order chi connectivity index (χ1) is 12.8. The molecule has 0 spiro atoms. The van der Waals surface area contributed by atoms with E-state index in [1.807, 2.05) is 31.2 Å². The molecule has 3 rings (SSSR count). The highest BCUT2D eigenvalue weighted by atomic mass is 16.5. The molecular formula is C23H24N2O2. The van der Waals surface area contributed by atoms with E-state index in [2.05, 4.69) is 43.2 Å². The zero-order valence-electron chi connectivity index (χ0n) is 16.1. The van der Waals surface area contributed by atoms with Gasteiger partial charge in [0.15, 0.2) is 0 Å². The van der Waals surface area contributed by atoms with E-state index in [1.54, 1.807) is 30.5 Å². The lowest BCUT2D eigenvalue weighted by atomic mass is 9.87. The zero-order valence-corrected chi connectivity index (χ0v) is 16.1. The second-order valence-electron chi connectivity index (χ2n) is 7.58. The molecule has 0 aliphatic rings. The highest BCUT2D eigenvalue weighted by Gasteiger charge is 2.13. The number of amides is 1. The highest BCUT2D eigenvalue weighted by Crippen LogP contribution is 2.26. The summed E-state index contributed by atoms with van der Waals surface area (Å²) in [6.45, 7) is 8.51. The van der Waals surface area contributed by atoms with E-state index in [4.69, 9.17) is 4.74 Å². The minimum absolute atomic E-state index is 0.105. The van der Waals surface area contributed by atoms with E-state index in [9.17, 15) is 4.79 Å². The second kappa shape index (κ2) is 7.62. The van der Waals surface area contributed by atoms with Gasteiger partial charge in [0.2, 0.25) is 5.88 Å². The Morgan fingerprint density at radius 2 is 1.59 bits per heavy atom. The lowest BCUT2D eigenvalue weighted by Crippen LogP contribution is -2.11. The fourth-order valence-electron chi connectivity index (χ4n) is 2.57. The van der Waals surface area contributed by atoms with E-state index >= 15 is 0 Å². The molecule has 138 valence electrons. The van der Waals surface area contributed by atoms with Crippen molar-refractivity contribution in [3.63, 3.8) is 0 Å². The minimum atomic E-state index is -0.164. The van der Waals surface area contributed by atoms with Crippen LogP contribution in [0.2, 0.25) is 0 Å². The number of aromatic nitrogens is 1. The molecule has 0 unspecified atom stereocenters. The molecule has 1 amide bonds. The van der Waals surface area contributed by atoms with Gasteiger partial charge in [0.25, 0.3) is 5.91 Å². The predicted octanol–water partition coefficient (Wildman–Crippen LogP) is 5.73. The fraction of sp³-hybridized carbons (Fsp3) is 0.217. The van der Waals surface area contributed by atoms with Crippen molar-refractivity contribution < 1.29 is 9.53 Å². The Kier molecular flexibility index (Phi) is 5.26. The zero-order chi connectivity index (χ0) is 19.4. The highest BCUT2D eigenvalue weighted by molar-refractivity contribution is 6.04. The van der Waals surface area contributed by atoms with Crippen LogP contribution in [0.25, 0.3) is 0 Å². The first-order valence-electron chi connectivity index (χ1n) is 8.94. The van der Waals surface area contributed by atoms with E-state index in [-0.39, 0.29) is 11.3 Å². The number of nitrogens with one attached hydrogen (secondary N) is 1. The Morgan fingerprint density at radius 1 is 0.926 bits per heavy atom. The van der Waals surface area contributed by atoms with Crippen LogP contribution < -0.4 is 10.1 Å². The Labute approximate surface area is 160 Å². The molecule has 1 aromatic heterocycles. The number of carbonyl (C=O) groups is 1. The summed E-state index contributed by atoms with van der Waals surface area (Å²) in [5, 5.41) is 2.84. The van der Waals surface area contributed by atoms with Crippen LogP contribution >= 0.6 is 0 Å². The standard InChI is InChI=1S/C23H24N2O2/c1-16-5-7-17(8-6-16)22(26)25-19-11-14-21(24-15-19)27-20-12-9-18(10-13-20)23(2,3)4/h5-15H,1-4H3,(H,25,26). The average Bonchev–Trinajstić information content (AvgIpc) is 2.63. The summed E-state index contributed by atoms with van der Waals surface area (Å²) in [7, 11) is 0. The molecule has 0 aliphatic heterocycles. The molecule has 1 N–H and O–H groups in total. The van der Waals surface area contributed by atoms with Crippen molar-refractivity contribution in [1.82, 2.24) is 4.98 Å². The molecule has 0 saturated heterocycles. The lowest BCUT2D eigenvalue weighted by molar-refractivity contribution is 0.102. The van der Waals surface area contributed by atoms with Crippen LogP contribution in [0.3, 0.4) is 0 Å². The van der Waals surface area contributed by atoms with Gasteiger partial charge in [-0.2, -0.15) is 0 Å². The molecule has 0 fully saturated rings. The van der Waals surface area contributed by atoms with E-state index in [0.717, 1.165) is 11.3 Å². The van der Waals surface area contributed by atoms with Crippen molar-refractivity contribution in [2.75, 3.05) is 5.32 Å². The SMILES string of the molecule is Cc1ccc(C(=O)Nc2ccc(Oc3ccc(C(C)(C)C)cc3)nc2)cc1. The van der Waals surface area contributed by atoms with Crippen LogP contribution in [0, 0.1) is 6.92 Å². The third-order valence-corrected chi connectivity index (χ3v) is 4.25. The molecule has 0 radical (unpaired) electrons. The second-order valence-corrected chi connectivity index (χ2v) is 7.58. The van der Waals surface area contributed by atoms with Crippen LogP contribution in [0.4, 0.5) is 5.69 Å². The van der Waals surface area contributed by atoms with E-state index < -0.39 is 0 Å². The fourth-order valence-corrected chi connectivity index (χ4v) is 2.57. The van der Waals surface area contributed by atoms with Crippen molar-refractivity contribution in [3.05, 3.63) is 83.6 Å². The number of carbonyl (C=O) groups excluding carboxylic acids is 1. The number of nitrogens with zero attached hydrogens (tertiary/aromatic N) is 1. The minimum Gasteiger partial charge on any atom is -0.439 e. The normalized spacial score (nSPS) is 11.1. The Bertz CT molecular complexity index is 907. The summed E-state index contributed by atoms with van der Waals surface area (Å²) in [6.07, 6.45) is 1.59. The van der Waals surface area contributed by atoms with Gasteiger partial charge < -0.3 is 10.1 Å².